The van der Waals surface area contributed by atoms with Crippen LogP contribution < -0.4 is 10.1 Å². The van der Waals surface area contributed by atoms with E-state index in [1.54, 1.807) is 0 Å². The lowest BCUT2D eigenvalue weighted by molar-refractivity contribution is -0.123. The fraction of sp³-hybridized carbons (Fsp3) is 0.318. The van der Waals surface area contributed by atoms with Gasteiger partial charge in [-0.15, -0.1) is 0 Å². The zero-order chi connectivity index (χ0) is 17.8. The molecule has 1 fully saturated rings. The summed E-state index contributed by atoms with van der Waals surface area (Å²) < 4.78 is 5.90. The Kier molecular flexibility index (Phi) is 4.91. The number of nitrogens with one attached hydrogen (secondary N) is 2. The third-order valence-corrected chi connectivity index (χ3v) is 5.18. The van der Waals surface area contributed by atoms with Crippen molar-refractivity contribution < 1.29 is 9.53 Å². The van der Waals surface area contributed by atoms with E-state index in [2.05, 4.69) is 22.6 Å². The van der Waals surface area contributed by atoms with Crippen molar-refractivity contribution in [2.24, 2.45) is 0 Å². The second kappa shape index (κ2) is 7.65. The number of rotatable bonds is 6. The first-order chi connectivity index (χ1) is 12.8. The van der Waals surface area contributed by atoms with Gasteiger partial charge in [0, 0.05) is 23.6 Å². The van der Waals surface area contributed by atoms with Crippen molar-refractivity contribution in [3.05, 3.63) is 65.9 Å². The van der Waals surface area contributed by atoms with Gasteiger partial charge >= 0.3 is 0 Å². The fourth-order valence-electron chi connectivity index (χ4n) is 3.85. The first kappa shape index (κ1) is 16.7. The molecule has 1 saturated carbocycles. The largest absolute Gasteiger partial charge is 0.483 e. The summed E-state index contributed by atoms with van der Waals surface area (Å²) in [5.41, 5.74) is 3.49. The van der Waals surface area contributed by atoms with E-state index in [0.29, 0.717) is 12.5 Å². The predicted molar refractivity (Wildman–Crippen MR) is 103 cm³/mol. The molecule has 134 valence electrons. The van der Waals surface area contributed by atoms with E-state index >= 15 is 0 Å². The van der Waals surface area contributed by atoms with E-state index in [-0.39, 0.29) is 12.5 Å². The van der Waals surface area contributed by atoms with Crippen molar-refractivity contribution in [1.29, 1.82) is 0 Å². The molecule has 0 aliphatic heterocycles. The average molecular weight is 348 g/mol. The third kappa shape index (κ3) is 3.59. The molecule has 3 aromatic rings. The average Bonchev–Trinajstić information content (AvgIpc) is 3.35. The standard InChI is InChI=1S/C22H24N2O2/c25-21(24-13-16-7-2-1-3-8-16)15-26-20-12-6-11-19-22(20)18(14-23-19)17-9-4-5-10-17/h1-3,6-8,11-12,14,17,23H,4-5,9-10,13,15H2,(H,24,25). The highest BCUT2D eigenvalue weighted by Crippen LogP contribution is 2.40. The number of carbonyl (C=O) groups is 1. The maximum atomic E-state index is 12.2. The number of aromatic amines is 1. The summed E-state index contributed by atoms with van der Waals surface area (Å²) in [5.74, 6) is 1.28. The summed E-state index contributed by atoms with van der Waals surface area (Å²) in [4.78, 5) is 15.5. The second-order valence-electron chi connectivity index (χ2n) is 6.96. The number of benzene rings is 2. The molecule has 4 heteroatoms. The molecule has 0 bridgehead atoms. The molecule has 1 aliphatic rings. The van der Waals surface area contributed by atoms with Crippen LogP contribution in [0.15, 0.2) is 54.7 Å². The number of hydrogen-bond donors (Lipinski definition) is 2. The summed E-state index contributed by atoms with van der Waals surface area (Å²) in [6.45, 7) is 0.548. The Labute approximate surface area is 153 Å². The van der Waals surface area contributed by atoms with Gasteiger partial charge in [-0.25, -0.2) is 0 Å². The van der Waals surface area contributed by atoms with Crippen molar-refractivity contribution in [2.75, 3.05) is 6.61 Å². The number of ether oxygens (including phenoxy) is 1. The van der Waals surface area contributed by atoms with Crippen molar-refractivity contribution in [3.63, 3.8) is 0 Å². The first-order valence-electron chi connectivity index (χ1n) is 9.34. The highest BCUT2D eigenvalue weighted by atomic mass is 16.5. The van der Waals surface area contributed by atoms with Crippen LogP contribution in [0.25, 0.3) is 10.9 Å². The number of carbonyl (C=O) groups excluding carboxylic acids is 1. The second-order valence-corrected chi connectivity index (χ2v) is 6.96. The Bertz CT molecular complexity index is 880. The minimum absolute atomic E-state index is 0.0290. The Morgan fingerprint density at radius 3 is 2.69 bits per heavy atom. The molecule has 4 rings (SSSR count). The Hall–Kier alpha value is -2.75. The minimum Gasteiger partial charge on any atom is -0.483 e. The molecule has 2 N–H and O–H groups in total. The molecule has 1 aliphatic carbocycles. The predicted octanol–water partition coefficient (Wildman–Crippen LogP) is 4.52. The van der Waals surface area contributed by atoms with Crippen LogP contribution in [0.3, 0.4) is 0 Å². The van der Waals surface area contributed by atoms with Crippen LogP contribution in [0.2, 0.25) is 0 Å². The van der Waals surface area contributed by atoms with Gasteiger partial charge < -0.3 is 15.0 Å². The van der Waals surface area contributed by atoms with Gasteiger partial charge in [-0.2, -0.15) is 0 Å². The molecule has 0 atom stereocenters. The third-order valence-electron chi connectivity index (χ3n) is 5.18. The van der Waals surface area contributed by atoms with E-state index in [9.17, 15) is 4.79 Å². The van der Waals surface area contributed by atoms with E-state index in [1.807, 2.05) is 42.5 Å². The quantitative estimate of drug-likeness (QED) is 0.688. The van der Waals surface area contributed by atoms with Crippen LogP contribution in [0.5, 0.6) is 5.75 Å². The smallest absolute Gasteiger partial charge is 0.258 e. The van der Waals surface area contributed by atoms with Crippen molar-refractivity contribution in [3.8, 4) is 5.75 Å². The van der Waals surface area contributed by atoms with Gasteiger partial charge in [0.05, 0.1) is 0 Å². The van der Waals surface area contributed by atoms with Gasteiger partial charge in [0.2, 0.25) is 0 Å². The Morgan fingerprint density at radius 1 is 1.08 bits per heavy atom. The zero-order valence-corrected chi connectivity index (χ0v) is 14.8. The number of H-pyrrole nitrogens is 1. The molecule has 1 amide bonds. The Balaban J connectivity index is 1.43. The summed E-state index contributed by atoms with van der Waals surface area (Å²) in [6, 6.07) is 15.9. The van der Waals surface area contributed by atoms with E-state index < -0.39 is 0 Å². The molecule has 0 radical (unpaired) electrons. The normalized spacial score (nSPS) is 14.6. The monoisotopic (exact) mass is 348 g/mol. The summed E-state index contributed by atoms with van der Waals surface area (Å²) in [5, 5.41) is 4.04. The van der Waals surface area contributed by atoms with Crippen LogP contribution in [-0.4, -0.2) is 17.5 Å². The molecule has 1 heterocycles. The van der Waals surface area contributed by atoms with Gasteiger partial charge in [0.1, 0.15) is 5.75 Å². The van der Waals surface area contributed by atoms with Crippen molar-refractivity contribution in [2.45, 2.75) is 38.1 Å². The first-order valence-corrected chi connectivity index (χ1v) is 9.34. The van der Waals surface area contributed by atoms with Crippen LogP contribution in [0.1, 0.15) is 42.7 Å². The number of amides is 1. The van der Waals surface area contributed by atoms with Gasteiger partial charge in [-0.3, -0.25) is 4.79 Å². The lowest BCUT2D eigenvalue weighted by Gasteiger charge is -2.12. The summed E-state index contributed by atoms with van der Waals surface area (Å²) >= 11 is 0. The molecule has 0 unspecified atom stereocenters. The molecule has 1 aromatic heterocycles. The number of aromatic nitrogens is 1. The topological polar surface area (TPSA) is 54.1 Å². The molecule has 0 saturated heterocycles. The van der Waals surface area contributed by atoms with Gasteiger partial charge in [0.25, 0.3) is 5.91 Å². The van der Waals surface area contributed by atoms with Gasteiger partial charge in [-0.1, -0.05) is 49.2 Å². The summed E-state index contributed by atoms with van der Waals surface area (Å²) in [7, 11) is 0. The molecule has 26 heavy (non-hydrogen) atoms. The van der Waals surface area contributed by atoms with Gasteiger partial charge in [-0.05, 0) is 42.0 Å². The van der Waals surface area contributed by atoms with Gasteiger partial charge in [0.15, 0.2) is 6.61 Å². The molecular weight excluding hydrogens is 324 g/mol. The van der Waals surface area contributed by atoms with Crippen molar-refractivity contribution in [1.82, 2.24) is 10.3 Å². The lowest BCUT2D eigenvalue weighted by Crippen LogP contribution is -2.28. The van der Waals surface area contributed by atoms with Crippen LogP contribution in [-0.2, 0) is 11.3 Å². The molecule has 2 aromatic carbocycles. The lowest BCUT2D eigenvalue weighted by atomic mass is 9.97. The fourth-order valence-corrected chi connectivity index (χ4v) is 3.85. The highest BCUT2D eigenvalue weighted by molar-refractivity contribution is 5.90. The Morgan fingerprint density at radius 2 is 1.88 bits per heavy atom. The minimum atomic E-state index is -0.108. The van der Waals surface area contributed by atoms with E-state index in [0.717, 1.165) is 22.2 Å². The number of hydrogen-bond acceptors (Lipinski definition) is 2. The SMILES string of the molecule is O=C(COc1cccc2[nH]cc(C3CCCC3)c12)NCc1ccccc1. The maximum Gasteiger partial charge on any atom is 0.258 e. The maximum absolute atomic E-state index is 12.2. The summed E-state index contributed by atoms with van der Waals surface area (Å²) in [6.07, 6.45) is 7.17. The van der Waals surface area contributed by atoms with Crippen LogP contribution in [0.4, 0.5) is 0 Å². The van der Waals surface area contributed by atoms with E-state index in [4.69, 9.17) is 4.74 Å². The van der Waals surface area contributed by atoms with Crippen LogP contribution in [0, 0.1) is 0 Å². The van der Waals surface area contributed by atoms with Crippen molar-refractivity contribution >= 4 is 16.8 Å². The zero-order valence-electron chi connectivity index (χ0n) is 14.8. The molecule has 4 nitrogen and oxygen atoms in total. The molecular formula is C22H24N2O2. The van der Waals surface area contributed by atoms with E-state index in [1.165, 1.54) is 31.2 Å². The molecule has 0 spiro atoms. The number of fused-ring (bicyclic) bond motifs is 1. The highest BCUT2D eigenvalue weighted by Gasteiger charge is 2.22. The van der Waals surface area contributed by atoms with Crippen LogP contribution >= 0.6 is 0 Å².